The van der Waals surface area contributed by atoms with Crippen molar-refractivity contribution in [2.24, 2.45) is 0 Å². The van der Waals surface area contributed by atoms with Gasteiger partial charge in [0.1, 0.15) is 5.75 Å². The van der Waals surface area contributed by atoms with Crippen LogP contribution in [0.4, 0.5) is 0 Å². The van der Waals surface area contributed by atoms with E-state index in [0.29, 0.717) is 25.3 Å². The van der Waals surface area contributed by atoms with Gasteiger partial charge < -0.3 is 9.84 Å². The monoisotopic (exact) mass is 365 g/mol. The number of carbonyl (C=O) groups is 1. The van der Waals surface area contributed by atoms with Gasteiger partial charge in [0.15, 0.2) is 9.84 Å². The van der Waals surface area contributed by atoms with Gasteiger partial charge in [-0.1, -0.05) is 6.92 Å². The van der Waals surface area contributed by atoms with Crippen LogP contribution in [-0.2, 0) is 14.6 Å². The normalized spacial score (nSPS) is 11.1. The minimum Gasteiger partial charge on any atom is -0.494 e. The Morgan fingerprint density at radius 2 is 1.83 bits per heavy atom. The van der Waals surface area contributed by atoms with Crippen LogP contribution in [-0.4, -0.2) is 56.9 Å². The van der Waals surface area contributed by atoms with Gasteiger partial charge in [0.2, 0.25) is 0 Å². The van der Waals surface area contributed by atoms with E-state index in [1.807, 2.05) is 11.8 Å². The molecule has 23 heavy (non-hydrogen) atoms. The molecule has 0 saturated heterocycles. The third-order valence-electron chi connectivity index (χ3n) is 3.04. The third-order valence-corrected chi connectivity index (χ3v) is 4.17. The first-order valence-corrected chi connectivity index (χ1v) is 9.09. The van der Waals surface area contributed by atoms with E-state index < -0.39 is 15.8 Å². The molecule has 0 radical (unpaired) electrons. The number of aliphatic carboxylic acids is 1. The van der Waals surface area contributed by atoms with Crippen molar-refractivity contribution >= 4 is 28.2 Å². The van der Waals surface area contributed by atoms with Crippen LogP contribution in [0.25, 0.3) is 0 Å². The number of sulfone groups is 1. The summed E-state index contributed by atoms with van der Waals surface area (Å²) in [5.74, 6) is -0.224. The quantitative estimate of drug-likeness (QED) is 0.639. The predicted molar refractivity (Wildman–Crippen MR) is 91.3 cm³/mol. The first-order valence-electron chi connectivity index (χ1n) is 7.20. The zero-order chi connectivity index (χ0) is 16.6. The van der Waals surface area contributed by atoms with Crippen LogP contribution in [0, 0.1) is 0 Å². The van der Waals surface area contributed by atoms with Crippen molar-refractivity contribution < 1.29 is 23.1 Å². The van der Waals surface area contributed by atoms with Crippen LogP contribution in [0.5, 0.6) is 5.75 Å². The molecule has 0 aromatic heterocycles. The number of hydrogen-bond donors (Lipinski definition) is 1. The van der Waals surface area contributed by atoms with Gasteiger partial charge in [-0.2, -0.15) is 0 Å². The van der Waals surface area contributed by atoms with Gasteiger partial charge in [-0.25, -0.2) is 8.42 Å². The van der Waals surface area contributed by atoms with E-state index in [9.17, 15) is 13.2 Å². The van der Waals surface area contributed by atoms with Crippen LogP contribution in [0.2, 0.25) is 0 Å². The number of ether oxygens (including phenoxy) is 1. The Morgan fingerprint density at radius 3 is 2.30 bits per heavy atom. The summed E-state index contributed by atoms with van der Waals surface area (Å²) in [6, 6.07) is 6.27. The summed E-state index contributed by atoms with van der Waals surface area (Å²) in [6.45, 7) is 3.90. The van der Waals surface area contributed by atoms with Gasteiger partial charge in [0, 0.05) is 12.8 Å². The lowest BCUT2D eigenvalue weighted by Gasteiger charge is -2.19. The Morgan fingerprint density at radius 1 is 1.22 bits per heavy atom. The van der Waals surface area contributed by atoms with Crippen molar-refractivity contribution in [3.05, 3.63) is 24.3 Å². The molecule has 0 atom stereocenters. The number of carboxylic acids is 1. The Labute approximate surface area is 143 Å². The fourth-order valence-electron chi connectivity index (χ4n) is 2.04. The number of rotatable bonds is 10. The lowest BCUT2D eigenvalue weighted by Crippen LogP contribution is -2.32. The van der Waals surface area contributed by atoms with Crippen LogP contribution < -0.4 is 4.74 Å². The second kappa shape index (κ2) is 10.5. The molecule has 8 heteroatoms. The average Bonchev–Trinajstić information content (AvgIpc) is 2.42. The molecule has 0 amide bonds. The standard InChI is InChI=1S/C15H23NO5S.ClH/c1-3-9-16(12-15(17)18)10-4-11-21-13-5-7-14(8-6-13)22(2,19)20;/h5-8H,3-4,9-12H2,1-2H3,(H,17,18);1H. The summed E-state index contributed by atoms with van der Waals surface area (Å²) in [5.41, 5.74) is 0. The Bertz CT molecular complexity index is 574. The predicted octanol–water partition coefficient (Wildman–Crippen LogP) is 2.08. The minimum atomic E-state index is -3.19. The lowest BCUT2D eigenvalue weighted by molar-refractivity contribution is -0.138. The highest BCUT2D eigenvalue weighted by molar-refractivity contribution is 7.90. The Balaban J connectivity index is 0.00000484. The van der Waals surface area contributed by atoms with E-state index in [0.717, 1.165) is 19.2 Å². The van der Waals surface area contributed by atoms with E-state index in [1.54, 1.807) is 12.1 Å². The molecule has 0 aliphatic rings. The third kappa shape index (κ3) is 8.78. The molecular formula is C15H24ClNO5S. The number of halogens is 1. The largest absolute Gasteiger partial charge is 0.494 e. The molecule has 0 saturated carbocycles. The molecule has 132 valence electrons. The molecule has 1 rings (SSSR count). The van der Waals surface area contributed by atoms with Crippen LogP contribution in [0.3, 0.4) is 0 Å². The first kappa shape index (κ1) is 21.7. The summed E-state index contributed by atoms with van der Waals surface area (Å²) in [4.78, 5) is 12.9. The van der Waals surface area contributed by atoms with Gasteiger partial charge in [0.25, 0.3) is 0 Å². The second-order valence-corrected chi connectivity index (χ2v) is 7.13. The SMILES string of the molecule is CCCN(CCCOc1ccc(S(C)(=O)=O)cc1)CC(=O)O.Cl. The first-order chi connectivity index (χ1) is 10.3. The van der Waals surface area contributed by atoms with Gasteiger partial charge in [-0.3, -0.25) is 9.69 Å². The van der Waals surface area contributed by atoms with Crippen LogP contribution in [0.1, 0.15) is 19.8 Å². The molecule has 0 aliphatic heterocycles. The van der Waals surface area contributed by atoms with Gasteiger partial charge in [-0.15, -0.1) is 12.4 Å². The average molecular weight is 366 g/mol. The maximum atomic E-state index is 11.3. The summed E-state index contributed by atoms with van der Waals surface area (Å²) in [5, 5.41) is 8.81. The summed E-state index contributed by atoms with van der Waals surface area (Å²) < 4.78 is 28.2. The van der Waals surface area contributed by atoms with Crippen LogP contribution in [0.15, 0.2) is 29.2 Å². The molecule has 1 aromatic carbocycles. The van der Waals surface area contributed by atoms with Crippen molar-refractivity contribution in [1.29, 1.82) is 0 Å². The smallest absolute Gasteiger partial charge is 0.317 e. The minimum absolute atomic E-state index is 0. The van der Waals surface area contributed by atoms with E-state index in [2.05, 4.69) is 0 Å². The summed E-state index contributed by atoms with van der Waals surface area (Å²) in [7, 11) is -3.19. The second-order valence-electron chi connectivity index (χ2n) is 5.12. The summed E-state index contributed by atoms with van der Waals surface area (Å²) >= 11 is 0. The van der Waals surface area contributed by atoms with Crippen molar-refractivity contribution in [2.45, 2.75) is 24.7 Å². The Kier molecular flexibility index (Phi) is 9.87. The highest BCUT2D eigenvalue weighted by atomic mass is 35.5. The zero-order valence-corrected chi connectivity index (χ0v) is 15.0. The Hall–Kier alpha value is -1.31. The molecule has 6 nitrogen and oxygen atoms in total. The highest BCUT2D eigenvalue weighted by Gasteiger charge is 2.09. The number of nitrogens with zero attached hydrogens (tertiary/aromatic N) is 1. The van der Waals surface area contributed by atoms with E-state index in [-0.39, 0.29) is 23.8 Å². The van der Waals surface area contributed by atoms with Crippen molar-refractivity contribution in [2.75, 3.05) is 32.5 Å². The summed E-state index contributed by atoms with van der Waals surface area (Å²) in [6.07, 6.45) is 2.77. The molecule has 0 spiro atoms. The fourth-order valence-corrected chi connectivity index (χ4v) is 2.67. The zero-order valence-electron chi connectivity index (χ0n) is 13.4. The fraction of sp³-hybridized carbons (Fsp3) is 0.533. The van der Waals surface area contributed by atoms with Crippen molar-refractivity contribution in [3.63, 3.8) is 0 Å². The van der Waals surface area contributed by atoms with Crippen LogP contribution >= 0.6 is 12.4 Å². The molecular weight excluding hydrogens is 342 g/mol. The van der Waals surface area contributed by atoms with Crippen molar-refractivity contribution in [1.82, 2.24) is 4.90 Å². The molecule has 0 bridgehead atoms. The number of hydrogen-bond acceptors (Lipinski definition) is 5. The van der Waals surface area contributed by atoms with E-state index in [1.165, 1.54) is 12.1 Å². The highest BCUT2D eigenvalue weighted by Crippen LogP contribution is 2.15. The van der Waals surface area contributed by atoms with E-state index >= 15 is 0 Å². The lowest BCUT2D eigenvalue weighted by atomic mass is 10.3. The molecule has 1 N–H and O–H groups in total. The van der Waals surface area contributed by atoms with Gasteiger partial charge >= 0.3 is 5.97 Å². The molecule has 0 aliphatic carbocycles. The van der Waals surface area contributed by atoms with E-state index in [4.69, 9.17) is 9.84 Å². The topological polar surface area (TPSA) is 83.9 Å². The van der Waals surface area contributed by atoms with Crippen molar-refractivity contribution in [3.8, 4) is 5.75 Å². The maximum Gasteiger partial charge on any atom is 0.317 e. The molecule has 0 heterocycles. The number of carboxylic acid groups (broad SMARTS) is 1. The molecule has 0 unspecified atom stereocenters. The molecule has 0 fully saturated rings. The number of benzene rings is 1. The van der Waals surface area contributed by atoms with Gasteiger partial charge in [-0.05, 0) is 43.7 Å². The maximum absolute atomic E-state index is 11.3. The van der Waals surface area contributed by atoms with Gasteiger partial charge in [0.05, 0.1) is 18.0 Å². The molecule has 1 aromatic rings.